The topological polar surface area (TPSA) is 57.0 Å². The Kier molecular flexibility index (Phi) is 5.39. The molecule has 0 aliphatic carbocycles. The Morgan fingerprint density at radius 2 is 1.84 bits per heavy atom. The fourth-order valence-corrected chi connectivity index (χ4v) is 4.18. The maximum Gasteiger partial charge on any atom is 0.387 e. The third kappa shape index (κ3) is 4.10. The van der Waals surface area contributed by atoms with Gasteiger partial charge in [-0.2, -0.15) is 8.78 Å². The van der Waals surface area contributed by atoms with Crippen molar-refractivity contribution < 1.29 is 18.3 Å². The highest BCUT2D eigenvalue weighted by Gasteiger charge is 2.16. The van der Waals surface area contributed by atoms with Gasteiger partial charge in [-0.1, -0.05) is 12.1 Å². The minimum absolute atomic E-state index is 0.0231. The van der Waals surface area contributed by atoms with E-state index in [1.54, 1.807) is 6.20 Å². The predicted molar refractivity (Wildman–Crippen MR) is 117 cm³/mol. The van der Waals surface area contributed by atoms with Crippen LogP contribution in [0.1, 0.15) is 34.7 Å². The molecule has 2 aromatic carbocycles. The van der Waals surface area contributed by atoms with Gasteiger partial charge in [-0.15, -0.1) is 0 Å². The number of ether oxygens (including phenoxy) is 1. The fraction of sp³-hybridized carbons (Fsp3) is 0.240. The molecule has 7 heteroatoms. The lowest BCUT2D eigenvalue weighted by Gasteiger charge is -2.16. The third-order valence-electron chi connectivity index (χ3n) is 5.79. The molecule has 0 N–H and O–H groups in total. The molecule has 0 bridgehead atoms. The quantitative estimate of drug-likeness (QED) is 0.379. The summed E-state index contributed by atoms with van der Waals surface area (Å²) < 4.78 is 31.2. The van der Waals surface area contributed by atoms with E-state index in [-0.39, 0.29) is 18.0 Å². The average molecular weight is 433 g/mol. The number of halogens is 2. The smallest absolute Gasteiger partial charge is 0.387 e. The lowest BCUT2D eigenvalue weighted by Crippen LogP contribution is -2.11. The van der Waals surface area contributed by atoms with Crippen molar-refractivity contribution in [3.05, 3.63) is 78.0 Å². The summed E-state index contributed by atoms with van der Waals surface area (Å²) in [6.07, 6.45) is 7.19. The molecule has 1 aliphatic rings. The zero-order chi connectivity index (χ0) is 22.1. The van der Waals surface area contributed by atoms with Gasteiger partial charge in [-0.25, -0.2) is 4.98 Å². The van der Waals surface area contributed by atoms with E-state index < -0.39 is 6.61 Å². The molecule has 0 spiro atoms. The number of rotatable bonds is 6. The molecule has 32 heavy (non-hydrogen) atoms. The summed E-state index contributed by atoms with van der Waals surface area (Å²) in [4.78, 5) is 21.7. The van der Waals surface area contributed by atoms with Crippen molar-refractivity contribution in [3.63, 3.8) is 0 Å². The predicted octanol–water partition coefficient (Wildman–Crippen LogP) is 5.46. The standard InChI is InChI=1S/C25H21F2N3O2/c26-25(27)32-21-8-6-16(7-9-21)23(31)13-20-12-19-11-17(4-5-18(19)14-28-20)22-15-29-24-3-1-2-10-30(22)24/h4-9,11-12,14-15,25H,1-3,10,13H2. The van der Waals surface area contributed by atoms with Crippen LogP contribution < -0.4 is 4.74 Å². The van der Waals surface area contributed by atoms with Gasteiger partial charge in [0.1, 0.15) is 11.6 Å². The van der Waals surface area contributed by atoms with Gasteiger partial charge in [0.25, 0.3) is 0 Å². The van der Waals surface area contributed by atoms with E-state index in [0.717, 1.165) is 47.2 Å². The number of nitrogens with zero attached hydrogens (tertiary/aromatic N) is 3. The van der Waals surface area contributed by atoms with E-state index in [9.17, 15) is 13.6 Å². The lowest BCUT2D eigenvalue weighted by molar-refractivity contribution is -0.0498. The van der Waals surface area contributed by atoms with Crippen LogP contribution in [0.5, 0.6) is 5.75 Å². The Morgan fingerprint density at radius 3 is 2.66 bits per heavy atom. The van der Waals surface area contributed by atoms with Crippen molar-refractivity contribution in [1.82, 2.24) is 14.5 Å². The molecule has 0 radical (unpaired) electrons. The maximum atomic E-state index is 12.7. The number of alkyl halides is 2. The molecule has 5 nitrogen and oxygen atoms in total. The first-order valence-corrected chi connectivity index (χ1v) is 10.6. The molecule has 162 valence electrons. The monoisotopic (exact) mass is 433 g/mol. The number of ketones is 1. The second kappa shape index (κ2) is 8.49. The van der Waals surface area contributed by atoms with Crippen LogP contribution in [0, 0.1) is 0 Å². The van der Waals surface area contributed by atoms with Crippen molar-refractivity contribution in [2.75, 3.05) is 0 Å². The number of hydrogen-bond acceptors (Lipinski definition) is 4. The minimum Gasteiger partial charge on any atom is -0.435 e. The highest BCUT2D eigenvalue weighted by atomic mass is 19.3. The van der Waals surface area contributed by atoms with Gasteiger partial charge in [0.15, 0.2) is 5.78 Å². The van der Waals surface area contributed by atoms with Crippen molar-refractivity contribution in [3.8, 4) is 17.0 Å². The molecule has 0 saturated carbocycles. The van der Waals surface area contributed by atoms with E-state index in [0.29, 0.717) is 11.3 Å². The Labute approximate surface area is 183 Å². The zero-order valence-corrected chi connectivity index (χ0v) is 17.3. The highest BCUT2D eigenvalue weighted by molar-refractivity contribution is 5.98. The van der Waals surface area contributed by atoms with Gasteiger partial charge in [-0.3, -0.25) is 9.78 Å². The number of aromatic nitrogens is 3. The first-order valence-electron chi connectivity index (χ1n) is 10.6. The number of pyridine rings is 1. The molecule has 0 fully saturated rings. The maximum absolute atomic E-state index is 12.7. The summed E-state index contributed by atoms with van der Waals surface area (Å²) in [6, 6.07) is 13.9. The number of aryl methyl sites for hydroxylation is 1. The van der Waals surface area contributed by atoms with Crippen molar-refractivity contribution >= 4 is 16.6 Å². The van der Waals surface area contributed by atoms with Gasteiger partial charge >= 0.3 is 6.61 Å². The number of fused-ring (bicyclic) bond motifs is 2. The van der Waals surface area contributed by atoms with Crippen LogP contribution in [0.3, 0.4) is 0 Å². The summed E-state index contributed by atoms with van der Waals surface area (Å²) in [5, 5.41) is 2.00. The molecular weight excluding hydrogens is 412 g/mol. The Hall–Kier alpha value is -3.61. The van der Waals surface area contributed by atoms with E-state index in [4.69, 9.17) is 0 Å². The normalized spacial score (nSPS) is 13.3. The largest absolute Gasteiger partial charge is 0.435 e. The van der Waals surface area contributed by atoms with Gasteiger partial charge in [0.05, 0.1) is 18.3 Å². The first-order chi connectivity index (χ1) is 15.6. The molecular formula is C25H21F2N3O2. The van der Waals surface area contributed by atoms with Crippen LogP contribution in [-0.2, 0) is 19.4 Å². The first kappa shape index (κ1) is 20.3. The highest BCUT2D eigenvalue weighted by Crippen LogP contribution is 2.28. The molecule has 4 aromatic rings. The summed E-state index contributed by atoms with van der Waals surface area (Å²) in [5.41, 5.74) is 3.29. The molecule has 0 saturated heterocycles. The summed E-state index contributed by atoms with van der Waals surface area (Å²) in [6.45, 7) is -1.91. The second-order valence-electron chi connectivity index (χ2n) is 7.91. The average Bonchev–Trinajstić information content (AvgIpc) is 3.23. The van der Waals surface area contributed by atoms with Crippen molar-refractivity contribution in [1.29, 1.82) is 0 Å². The second-order valence-corrected chi connectivity index (χ2v) is 7.91. The number of benzene rings is 2. The lowest BCUT2D eigenvalue weighted by atomic mass is 10.0. The van der Waals surface area contributed by atoms with Crippen LogP contribution in [0.4, 0.5) is 8.78 Å². The summed E-state index contributed by atoms with van der Waals surface area (Å²) in [7, 11) is 0. The molecule has 0 atom stereocenters. The molecule has 5 rings (SSSR count). The van der Waals surface area contributed by atoms with Crippen molar-refractivity contribution in [2.24, 2.45) is 0 Å². The van der Waals surface area contributed by atoms with Crippen LogP contribution >= 0.6 is 0 Å². The van der Waals surface area contributed by atoms with Gasteiger partial charge in [0, 0.05) is 41.4 Å². The number of carbonyl (C=O) groups is 1. The summed E-state index contributed by atoms with van der Waals surface area (Å²) in [5.74, 6) is 1.02. The number of carbonyl (C=O) groups excluding carboxylic acids is 1. The number of Topliss-reactive ketones (excluding diaryl/α,β-unsaturated/α-hetero) is 1. The van der Waals surface area contributed by atoms with Crippen LogP contribution in [-0.4, -0.2) is 26.9 Å². The van der Waals surface area contributed by atoms with Crippen LogP contribution in [0.2, 0.25) is 0 Å². The van der Waals surface area contributed by atoms with Gasteiger partial charge in [0.2, 0.25) is 0 Å². The van der Waals surface area contributed by atoms with Gasteiger partial charge < -0.3 is 9.30 Å². The molecule has 0 unspecified atom stereocenters. The Bertz CT molecular complexity index is 1280. The van der Waals surface area contributed by atoms with E-state index in [1.807, 2.05) is 18.3 Å². The number of hydrogen-bond donors (Lipinski definition) is 0. The molecule has 2 aromatic heterocycles. The van der Waals surface area contributed by atoms with E-state index >= 15 is 0 Å². The van der Waals surface area contributed by atoms with Crippen LogP contribution in [0.25, 0.3) is 22.0 Å². The number of imidazole rings is 1. The Balaban J connectivity index is 1.38. The van der Waals surface area contributed by atoms with E-state index in [2.05, 4.69) is 31.4 Å². The fourth-order valence-electron chi connectivity index (χ4n) is 4.18. The van der Waals surface area contributed by atoms with Gasteiger partial charge in [-0.05, 0) is 54.6 Å². The van der Waals surface area contributed by atoms with E-state index in [1.165, 1.54) is 30.7 Å². The Morgan fingerprint density at radius 1 is 1.00 bits per heavy atom. The third-order valence-corrected chi connectivity index (χ3v) is 5.79. The molecule has 1 aliphatic heterocycles. The molecule has 0 amide bonds. The van der Waals surface area contributed by atoms with Crippen LogP contribution in [0.15, 0.2) is 60.9 Å². The molecule has 3 heterocycles. The summed E-state index contributed by atoms with van der Waals surface area (Å²) >= 11 is 0. The minimum atomic E-state index is -2.89. The zero-order valence-electron chi connectivity index (χ0n) is 17.3. The van der Waals surface area contributed by atoms with Crippen molar-refractivity contribution in [2.45, 2.75) is 38.8 Å². The SMILES string of the molecule is O=C(Cc1cc2cc(-c3cnc4n3CCCC4)ccc2cn1)c1ccc(OC(F)F)cc1.